The Morgan fingerprint density at radius 3 is 2.44 bits per heavy atom. The van der Waals surface area contributed by atoms with Crippen LogP contribution in [0.4, 0.5) is 0 Å². The lowest BCUT2D eigenvalue weighted by Gasteiger charge is -2.14. The topological polar surface area (TPSA) is 29.5 Å². The average Bonchev–Trinajstić information content (AvgIpc) is 2.34. The second-order valence-corrected chi connectivity index (χ2v) is 4.39. The second kappa shape index (κ2) is 7.42. The van der Waals surface area contributed by atoms with E-state index in [-0.39, 0.29) is 6.10 Å². The standard InChI is InChI=1S/C14H22O2/c1-12(10-11-16-2)8-9-14(15)13-6-4-3-5-7-13/h3-7,12,14-15H,8-11H2,1-2H3. The summed E-state index contributed by atoms with van der Waals surface area (Å²) in [6.07, 6.45) is 2.61. The third kappa shape index (κ3) is 4.77. The summed E-state index contributed by atoms with van der Waals surface area (Å²) in [5.74, 6) is 0.610. The fourth-order valence-electron chi connectivity index (χ4n) is 1.75. The number of aliphatic hydroxyl groups is 1. The molecule has 0 aromatic heterocycles. The molecule has 2 nitrogen and oxygen atoms in total. The van der Waals surface area contributed by atoms with Crippen molar-refractivity contribution in [2.75, 3.05) is 13.7 Å². The summed E-state index contributed by atoms with van der Waals surface area (Å²) in [6, 6.07) is 9.85. The molecule has 0 radical (unpaired) electrons. The summed E-state index contributed by atoms with van der Waals surface area (Å²) in [5.41, 5.74) is 1.02. The molecule has 0 saturated carbocycles. The summed E-state index contributed by atoms with van der Waals surface area (Å²) in [6.45, 7) is 3.01. The molecule has 0 heterocycles. The molecule has 0 spiro atoms. The molecule has 0 aliphatic rings. The van der Waals surface area contributed by atoms with E-state index in [9.17, 15) is 5.11 Å². The van der Waals surface area contributed by atoms with Gasteiger partial charge in [0.1, 0.15) is 0 Å². The van der Waals surface area contributed by atoms with Crippen molar-refractivity contribution < 1.29 is 9.84 Å². The Kier molecular flexibility index (Phi) is 6.12. The molecular weight excluding hydrogens is 200 g/mol. The zero-order valence-electron chi connectivity index (χ0n) is 10.2. The van der Waals surface area contributed by atoms with Gasteiger partial charge in [0, 0.05) is 13.7 Å². The van der Waals surface area contributed by atoms with Gasteiger partial charge in [0.05, 0.1) is 6.10 Å². The lowest BCUT2D eigenvalue weighted by Crippen LogP contribution is -2.04. The van der Waals surface area contributed by atoms with E-state index >= 15 is 0 Å². The molecule has 90 valence electrons. The molecule has 0 amide bonds. The summed E-state index contributed by atoms with van der Waals surface area (Å²) in [5, 5.41) is 9.96. The number of hydrogen-bond donors (Lipinski definition) is 1. The highest BCUT2D eigenvalue weighted by Crippen LogP contribution is 2.21. The largest absolute Gasteiger partial charge is 0.388 e. The Morgan fingerprint density at radius 2 is 1.81 bits per heavy atom. The van der Waals surface area contributed by atoms with Crippen LogP contribution in [0.1, 0.15) is 37.9 Å². The molecular formula is C14H22O2. The van der Waals surface area contributed by atoms with Crippen molar-refractivity contribution in [2.24, 2.45) is 5.92 Å². The zero-order valence-corrected chi connectivity index (χ0v) is 10.2. The SMILES string of the molecule is COCCC(C)CCC(O)c1ccccc1. The maximum Gasteiger partial charge on any atom is 0.0790 e. The van der Waals surface area contributed by atoms with Crippen molar-refractivity contribution in [3.63, 3.8) is 0 Å². The van der Waals surface area contributed by atoms with Crippen LogP contribution in [0.2, 0.25) is 0 Å². The van der Waals surface area contributed by atoms with Crippen LogP contribution in [0, 0.1) is 5.92 Å². The highest BCUT2D eigenvalue weighted by Gasteiger charge is 2.09. The molecule has 2 atom stereocenters. The van der Waals surface area contributed by atoms with Gasteiger partial charge in [0.2, 0.25) is 0 Å². The minimum atomic E-state index is -0.328. The fraction of sp³-hybridized carbons (Fsp3) is 0.571. The average molecular weight is 222 g/mol. The van der Waals surface area contributed by atoms with Crippen LogP contribution in [0.3, 0.4) is 0 Å². The number of benzene rings is 1. The first-order valence-corrected chi connectivity index (χ1v) is 5.96. The fourth-order valence-corrected chi connectivity index (χ4v) is 1.75. The maximum atomic E-state index is 9.96. The first-order chi connectivity index (χ1) is 7.74. The third-order valence-electron chi connectivity index (χ3n) is 2.93. The van der Waals surface area contributed by atoms with E-state index in [2.05, 4.69) is 6.92 Å². The van der Waals surface area contributed by atoms with E-state index in [1.165, 1.54) is 0 Å². The second-order valence-electron chi connectivity index (χ2n) is 4.39. The monoisotopic (exact) mass is 222 g/mol. The number of hydrogen-bond acceptors (Lipinski definition) is 2. The van der Waals surface area contributed by atoms with Crippen molar-refractivity contribution in [1.82, 2.24) is 0 Å². The first-order valence-electron chi connectivity index (χ1n) is 5.96. The van der Waals surface area contributed by atoms with Crippen LogP contribution in [-0.2, 0) is 4.74 Å². The molecule has 0 bridgehead atoms. The highest BCUT2D eigenvalue weighted by atomic mass is 16.5. The van der Waals surface area contributed by atoms with Gasteiger partial charge in [-0.15, -0.1) is 0 Å². The third-order valence-corrected chi connectivity index (χ3v) is 2.93. The summed E-state index contributed by atoms with van der Waals surface area (Å²) in [7, 11) is 1.73. The Balaban J connectivity index is 2.27. The van der Waals surface area contributed by atoms with Gasteiger partial charge in [-0.2, -0.15) is 0 Å². The number of rotatable bonds is 7. The minimum absolute atomic E-state index is 0.328. The predicted octanol–water partition coefficient (Wildman–Crippen LogP) is 3.17. The van der Waals surface area contributed by atoms with Gasteiger partial charge in [0.25, 0.3) is 0 Å². The molecule has 1 aromatic carbocycles. The van der Waals surface area contributed by atoms with Gasteiger partial charge in [-0.3, -0.25) is 0 Å². The molecule has 1 N–H and O–H groups in total. The van der Waals surface area contributed by atoms with E-state index in [0.29, 0.717) is 5.92 Å². The van der Waals surface area contributed by atoms with Crippen LogP contribution in [0.25, 0.3) is 0 Å². The van der Waals surface area contributed by atoms with Gasteiger partial charge in [-0.25, -0.2) is 0 Å². The molecule has 0 saturated heterocycles. The normalized spacial score (nSPS) is 14.7. The smallest absolute Gasteiger partial charge is 0.0790 e. The minimum Gasteiger partial charge on any atom is -0.388 e. The van der Waals surface area contributed by atoms with Gasteiger partial charge >= 0.3 is 0 Å². The van der Waals surface area contributed by atoms with Crippen molar-refractivity contribution >= 4 is 0 Å². The molecule has 2 heteroatoms. The van der Waals surface area contributed by atoms with Gasteiger partial charge in [0.15, 0.2) is 0 Å². The lowest BCUT2D eigenvalue weighted by atomic mass is 9.97. The van der Waals surface area contributed by atoms with Gasteiger partial charge < -0.3 is 9.84 Å². The molecule has 1 rings (SSSR count). The molecule has 16 heavy (non-hydrogen) atoms. The van der Waals surface area contributed by atoms with Crippen LogP contribution in [-0.4, -0.2) is 18.8 Å². The van der Waals surface area contributed by atoms with E-state index in [0.717, 1.165) is 31.4 Å². The lowest BCUT2D eigenvalue weighted by molar-refractivity contribution is 0.145. The Morgan fingerprint density at radius 1 is 1.12 bits per heavy atom. The van der Waals surface area contributed by atoms with Crippen molar-refractivity contribution in [2.45, 2.75) is 32.3 Å². The summed E-state index contributed by atoms with van der Waals surface area (Å²) >= 11 is 0. The van der Waals surface area contributed by atoms with Gasteiger partial charge in [-0.05, 0) is 30.7 Å². The van der Waals surface area contributed by atoms with Crippen molar-refractivity contribution in [1.29, 1.82) is 0 Å². The number of methoxy groups -OCH3 is 1. The van der Waals surface area contributed by atoms with Crippen LogP contribution in [0.5, 0.6) is 0 Å². The molecule has 0 aliphatic heterocycles. The Labute approximate surface area is 98.3 Å². The van der Waals surface area contributed by atoms with Crippen LogP contribution in [0.15, 0.2) is 30.3 Å². The molecule has 0 aliphatic carbocycles. The highest BCUT2D eigenvalue weighted by molar-refractivity contribution is 5.16. The molecule has 2 unspecified atom stereocenters. The van der Waals surface area contributed by atoms with E-state index in [1.807, 2.05) is 30.3 Å². The summed E-state index contributed by atoms with van der Waals surface area (Å²) < 4.78 is 5.04. The molecule has 1 aromatic rings. The van der Waals surface area contributed by atoms with Crippen molar-refractivity contribution in [3.05, 3.63) is 35.9 Å². The zero-order chi connectivity index (χ0) is 11.8. The van der Waals surface area contributed by atoms with E-state index in [4.69, 9.17) is 4.74 Å². The first kappa shape index (κ1) is 13.2. The Hall–Kier alpha value is -0.860. The Bertz CT molecular complexity index is 271. The van der Waals surface area contributed by atoms with E-state index < -0.39 is 0 Å². The van der Waals surface area contributed by atoms with Crippen molar-refractivity contribution in [3.8, 4) is 0 Å². The number of ether oxygens (including phenoxy) is 1. The number of aliphatic hydroxyl groups excluding tert-OH is 1. The maximum absolute atomic E-state index is 9.96. The quantitative estimate of drug-likeness (QED) is 0.767. The van der Waals surface area contributed by atoms with E-state index in [1.54, 1.807) is 7.11 Å². The summed E-state index contributed by atoms with van der Waals surface area (Å²) in [4.78, 5) is 0. The van der Waals surface area contributed by atoms with Gasteiger partial charge in [-0.1, -0.05) is 37.3 Å². The predicted molar refractivity (Wildman–Crippen MR) is 66.3 cm³/mol. The van der Waals surface area contributed by atoms with Crippen LogP contribution >= 0.6 is 0 Å². The van der Waals surface area contributed by atoms with Crippen LogP contribution < -0.4 is 0 Å². The molecule has 0 fully saturated rings.